The number of carbonyl (C=O) groups excluding carboxylic acids is 2. The largest absolute Gasteiger partial charge is 0.507 e. The van der Waals surface area contributed by atoms with Gasteiger partial charge in [-0.15, -0.1) is 0 Å². The molecule has 0 aliphatic carbocycles. The quantitative estimate of drug-likeness (QED) is 0.362. The standard InChI is InChI=1S/C24H16F3NO4/c1-32-17-9-4-14(5-10-17)22(29)20-21(13-2-6-15(25)7-3-13)28(24(31)23(20)30)16-8-11-18(26)19(27)12-16/h2-12,21,29H,1H3/b22-20+. The molecule has 5 nitrogen and oxygen atoms in total. The molecule has 1 fully saturated rings. The first-order chi connectivity index (χ1) is 15.3. The zero-order chi connectivity index (χ0) is 23.0. The molecule has 32 heavy (non-hydrogen) atoms. The molecule has 1 unspecified atom stereocenters. The molecule has 8 heteroatoms. The molecule has 1 aliphatic rings. The molecule has 0 aromatic heterocycles. The van der Waals surface area contributed by atoms with E-state index in [2.05, 4.69) is 0 Å². The third-order valence-electron chi connectivity index (χ3n) is 5.17. The first kappa shape index (κ1) is 21.2. The molecular formula is C24H16F3NO4. The first-order valence-corrected chi connectivity index (χ1v) is 9.47. The van der Waals surface area contributed by atoms with Crippen LogP contribution < -0.4 is 9.64 Å². The Morgan fingerprint density at radius 2 is 1.56 bits per heavy atom. The molecule has 1 amide bonds. The summed E-state index contributed by atoms with van der Waals surface area (Å²) in [7, 11) is 1.47. The number of hydrogen-bond acceptors (Lipinski definition) is 4. The molecule has 3 aromatic carbocycles. The zero-order valence-electron chi connectivity index (χ0n) is 16.7. The second-order valence-corrected chi connectivity index (χ2v) is 7.05. The van der Waals surface area contributed by atoms with Gasteiger partial charge < -0.3 is 9.84 Å². The van der Waals surface area contributed by atoms with Crippen LogP contribution in [0.1, 0.15) is 17.2 Å². The Hall–Kier alpha value is -4.07. The lowest BCUT2D eigenvalue weighted by atomic mass is 9.95. The third-order valence-corrected chi connectivity index (χ3v) is 5.17. The van der Waals surface area contributed by atoms with E-state index in [-0.39, 0.29) is 16.8 Å². The van der Waals surface area contributed by atoms with Gasteiger partial charge in [-0.3, -0.25) is 14.5 Å². The van der Waals surface area contributed by atoms with Crippen molar-refractivity contribution in [2.75, 3.05) is 12.0 Å². The summed E-state index contributed by atoms with van der Waals surface area (Å²) in [5.74, 6) is -4.89. The summed E-state index contributed by atoms with van der Waals surface area (Å²) < 4.78 is 46.0. The number of carbonyl (C=O) groups is 2. The number of nitrogens with zero attached hydrogens (tertiary/aromatic N) is 1. The molecule has 0 saturated carbocycles. The highest BCUT2D eigenvalue weighted by atomic mass is 19.2. The lowest BCUT2D eigenvalue weighted by Gasteiger charge is -2.25. The molecule has 1 saturated heterocycles. The average molecular weight is 439 g/mol. The molecule has 1 N–H and O–H groups in total. The van der Waals surface area contributed by atoms with E-state index >= 15 is 0 Å². The molecule has 3 aromatic rings. The van der Waals surface area contributed by atoms with Crippen LogP contribution in [-0.4, -0.2) is 23.9 Å². The van der Waals surface area contributed by atoms with Gasteiger partial charge in [0.2, 0.25) is 0 Å². The summed E-state index contributed by atoms with van der Waals surface area (Å²) in [4.78, 5) is 26.8. The maximum absolute atomic E-state index is 13.9. The second kappa shape index (κ2) is 8.22. The van der Waals surface area contributed by atoms with E-state index in [9.17, 15) is 27.9 Å². The first-order valence-electron chi connectivity index (χ1n) is 9.47. The van der Waals surface area contributed by atoms with Crippen molar-refractivity contribution in [3.8, 4) is 5.75 Å². The van der Waals surface area contributed by atoms with E-state index in [4.69, 9.17) is 4.74 Å². The zero-order valence-corrected chi connectivity index (χ0v) is 16.7. The number of anilines is 1. The van der Waals surface area contributed by atoms with Gasteiger partial charge in [0.1, 0.15) is 17.3 Å². The minimum atomic E-state index is -1.21. The van der Waals surface area contributed by atoms with Gasteiger partial charge >= 0.3 is 0 Å². The molecular weight excluding hydrogens is 423 g/mol. The lowest BCUT2D eigenvalue weighted by molar-refractivity contribution is -0.132. The normalized spacial score (nSPS) is 17.6. The van der Waals surface area contributed by atoms with Gasteiger partial charge in [0, 0.05) is 17.3 Å². The van der Waals surface area contributed by atoms with Crippen molar-refractivity contribution in [3.05, 3.63) is 101 Å². The van der Waals surface area contributed by atoms with Crippen LogP contribution in [0.3, 0.4) is 0 Å². The number of halogens is 3. The average Bonchev–Trinajstić information content (AvgIpc) is 3.06. The van der Waals surface area contributed by atoms with Gasteiger partial charge in [-0.05, 0) is 54.1 Å². The number of rotatable bonds is 4. The van der Waals surface area contributed by atoms with Gasteiger partial charge in [-0.2, -0.15) is 0 Å². The Morgan fingerprint density at radius 3 is 2.16 bits per heavy atom. The van der Waals surface area contributed by atoms with Crippen LogP contribution in [0.15, 0.2) is 72.3 Å². The molecule has 1 heterocycles. The Kier molecular flexibility index (Phi) is 5.44. The van der Waals surface area contributed by atoms with E-state index in [0.29, 0.717) is 11.3 Å². The summed E-state index contributed by atoms with van der Waals surface area (Å²) in [5.41, 5.74) is 0.178. The highest BCUT2D eigenvalue weighted by molar-refractivity contribution is 6.51. The van der Waals surface area contributed by atoms with Gasteiger partial charge in [0.05, 0.1) is 18.7 Å². The topological polar surface area (TPSA) is 66.8 Å². The number of aliphatic hydroxyl groups is 1. The minimum Gasteiger partial charge on any atom is -0.507 e. The molecule has 162 valence electrons. The molecule has 0 radical (unpaired) electrons. The fourth-order valence-corrected chi connectivity index (χ4v) is 3.60. The van der Waals surface area contributed by atoms with Crippen LogP contribution in [0.25, 0.3) is 5.76 Å². The minimum absolute atomic E-state index is 0.0888. The van der Waals surface area contributed by atoms with Crippen LogP contribution in [0.5, 0.6) is 5.75 Å². The predicted octanol–water partition coefficient (Wildman–Crippen LogP) is 4.74. The van der Waals surface area contributed by atoms with Crippen molar-refractivity contribution in [1.82, 2.24) is 0 Å². The SMILES string of the molecule is COc1ccc(/C(O)=C2\C(=O)C(=O)N(c3ccc(F)c(F)c3)C2c2ccc(F)cc2)cc1. The van der Waals surface area contributed by atoms with Crippen molar-refractivity contribution in [2.45, 2.75) is 6.04 Å². The summed E-state index contributed by atoms with van der Waals surface area (Å²) in [6, 6.07) is 12.7. The molecule has 0 bridgehead atoms. The Balaban J connectivity index is 1.92. The Labute approximate surface area is 181 Å². The fourth-order valence-electron chi connectivity index (χ4n) is 3.60. The van der Waals surface area contributed by atoms with Crippen molar-refractivity contribution >= 4 is 23.1 Å². The second-order valence-electron chi connectivity index (χ2n) is 7.05. The van der Waals surface area contributed by atoms with E-state index in [1.807, 2.05) is 0 Å². The summed E-state index contributed by atoms with van der Waals surface area (Å²) in [6.45, 7) is 0. The van der Waals surface area contributed by atoms with Gasteiger partial charge in [-0.1, -0.05) is 12.1 Å². The molecule has 4 rings (SSSR count). The van der Waals surface area contributed by atoms with Gasteiger partial charge in [-0.25, -0.2) is 13.2 Å². The van der Waals surface area contributed by atoms with Crippen molar-refractivity contribution in [1.29, 1.82) is 0 Å². The number of amides is 1. The van der Waals surface area contributed by atoms with E-state index in [0.717, 1.165) is 35.2 Å². The third kappa shape index (κ3) is 3.60. The van der Waals surface area contributed by atoms with Crippen LogP contribution >= 0.6 is 0 Å². The Morgan fingerprint density at radius 1 is 0.906 bits per heavy atom. The van der Waals surface area contributed by atoms with Crippen molar-refractivity contribution in [3.63, 3.8) is 0 Å². The highest BCUT2D eigenvalue weighted by Gasteiger charge is 2.47. The predicted molar refractivity (Wildman–Crippen MR) is 111 cm³/mol. The van der Waals surface area contributed by atoms with Crippen molar-refractivity contribution < 1.29 is 32.6 Å². The number of hydrogen-bond donors (Lipinski definition) is 1. The van der Waals surface area contributed by atoms with Crippen LogP contribution in [0.4, 0.5) is 18.9 Å². The Bertz CT molecular complexity index is 1240. The number of Topliss-reactive ketones (excluding diaryl/α,β-unsaturated/α-hetero) is 1. The van der Waals surface area contributed by atoms with E-state index in [1.54, 1.807) is 12.1 Å². The van der Waals surface area contributed by atoms with Crippen molar-refractivity contribution in [2.24, 2.45) is 0 Å². The fraction of sp³-hybridized carbons (Fsp3) is 0.0833. The maximum atomic E-state index is 13.9. The van der Waals surface area contributed by atoms with Crippen LogP contribution in [0.2, 0.25) is 0 Å². The lowest BCUT2D eigenvalue weighted by Crippen LogP contribution is -2.29. The summed E-state index contributed by atoms with van der Waals surface area (Å²) in [6.07, 6.45) is 0. The van der Waals surface area contributed by atoms with Gasteiger partial charge in [0.15, 0.2) is 11.6 Å². The summed E-state index contributed by atoms with van der Waals surface area (Å²) >= 11 is 0. The highest BCUT2D eigenvalue weighted by Crippen LogP contribution is 2.42. The molecule has 1 aliphatic heterocycles. The molecule has 0 spiro atoms. The van der Waals surface area contributed by atoms with E-state index in [1.165, 1.54) is 31.4 Å². The van der Waals surface area contributed by atoms with Crippen LogP contribution in [-0.2, 0) is 9.59 Å². The van der Waals surface area contributed by atoms with E-state index < -0.39 is 40.9 Å². The van der Waals surface area contributed by atoms with Gasteiger partial charge in [0.25, 0.3) is 11.7 Å². The van der Waals surface area contributed by atoms with Crippen LogP contribution in [0, 0.1) is 17.5 Å². The number of aliphatic hydroxyl groups excluding tert-OH is 1. The maximum Gasteiger partial charge on any atom is 0.300 e. The number of benzene rings is 3. The summed E-state index contributed by atoms with van der Waals surface area (Å²) in [5, 5.41) is 11.0. The molecule has 1 atom stereocenters. The monoisotopic (exact) mass is 439 g/mol. The smallest absolute Gasteiger partial charge is 0.300 e. The number of ether oxygens (including phenoxy) is 1. The number of methoxy groups -OCH3 is 1. The number of ketones is 1.